The lowest BCUT2D eigenvalue weighted by atomic mass is 9.81. The van der Waals surface area contributed by atoms with E-state index < -0.39 is 0 Å². The molecule has 1 N–H and O–H groups in total. The molecule has 120 valence electrons. The molecule has 0 saturated carbocycles. The number of nitrogens with zero attached hydrogens (tertiary/aromatic N) is 1. The Morgan fingerprint density at radius 2 is 1.85 bits per heavy atom. The van der Waals surface area contributed by atoms with Gasteiger partial charge in [-0.15, -0.1) is 0 Å². The first-order chi connectivity index (χ1) is 9.47. The lowest BCUT2D eigenvalue weighted by Gasteiger charge is -2.37. The highest BCUT2D eigenvalue weighted by Gasteiger charge is 2.31. The summed E-state index contributed by atoms with van der Waals surface area (Å²) in [5.74, 6) is 1.29. The minimum Gasteiger partial charge on any atom is -0.316 e. The van der Waals surface area contributed by atoms with Crippen molar-refractivity contribution in [1.29, 1.82) is 0 Å². The van der Waals surface area contributed by atoms with Crippen LogP contribution in [0.2, 0.25) is 0 Å². The number of hydrogen-bond donors (Lipinski definition) is 1. The maximum atomic E-state index is 3.67. The van der Waals surface area contributed by atoms with E-state index in [0.717, 1.165) is 6.54 Å². The second-order valence-electron chi connectivity index (χ2n) is 7.02. The van der Waals surface area contributed by atoms with Crippen molar-refractivity contribution in [2.45, 2.75) is 65.0 Å². The number of thioether (sulfide) groups is 1. The zero-order chi connectivity index (χ0) is 15.1. The van der Waals surface area contributed by atoms with Crippen molar-refractivity contribution in [2.24, 2.45) is 5.41 Å². The lowest BCUT2D eigenvalue weighted by molar-refractivity contribution is 0.138. The number of nitrogens with one attached hydrogen (secondary N) is 1. The van der Waals surface area contributed by atoms with Crippen LogP contribution in [0.5, 0.6) is 0 Å². The standard InChI is InChI=1S/C17H36N2S/c1-6-10-18-14-17(7-2,8-3)15-19-11-9-16(4,5)20-13-12-19/h18H,6-15H2,1-5H3. The summed E-state index contributed by atoms with van der Waals surface area (Å²) in [6, 6.07) is 0. The van der Waals surface area contributed by atoms with Gasteiger partial charge in [-0.25, -0.2) is 0 Å². The molecule has 3 heteroatoms. The van der Waals surface area contributed by atoms with Crippen LogP contribution in [0.25, 0.3) is 0 Å². The molecule has 0 atom stereocenters. The van der Waals surface area contributed by atoms with Gasteiger partial charge in [-0.2, -0.15) is 11.8 Å². The SMILES string of the molecule is CCCNCC(CC)(CC)CN1CCSC(C)(C)CC1. The van der Waals surface area contributed by atoms with Crippen molar-refractivity contribution in [2.75, 3.05) is 38.5 Å². The summed E-state index contributed by atoms with van der Waals surface area (Å²) in [6.07, 6.45) is 5.13. The third kappa shape index (κ3) is 5.95. The largest absolute Gasteiger partial charge is 0.316 e. The van der Waals surface area contributed by atoms with Crippen LogP contribution in [0.1, 0.15) is 60.3 Å². The Kier molecular flexibility index (Phi) is 7.92. The molecule has 1 aliphatic rings. The molecule has 0 aromatic heterocycles. The van der Waals surface area contributed by atoms with Crippen molar-refractivity contribution in [3.63, 3.8) is 0 Å². The second kappa shape index (κ2) is 8.65. The van der Waals surface area contributed by atoms with Crippen LogP contribution in [0.4, 0.5) is 0 Å². The zero-order valence-corrected chi connectivity index (χ0v) is 15.2. The molecule has 0 radical (unpaired) electrons. The summed E-state index contributed by atoms with van der Waals surface area (Å²) in [4.78, 5) is 2.72. The van der Waals surface area contributed by atoms with Crippen LogP contribution in [-0.4, -0.2) is 48.1 Å². The van der Waals surface area contributed by atoms with Gasteiger partial charge in [0.1, 0.15) is 0 Å². The Morgan fingerprint density at radius 3 is 2.45 bits per heavy atom. The summed E-state index contributed by atoms with van der Waals surface area (Å²) in [7, 11) is 0. The molecule has 1 saturated heterocycles. The first-order valence-electron chi connectivity index (χ1n) is 8.54. The second-order valence-corrected chi connectivity index (χ2v) is 8.82. The van der Waals surface area contributed by atoms with Gasteiger partial charge in [0.15, 0.2) is 0 Å². The summed E-state index contributed by atoms with van der Waals surface area (Å²) < 4.78 is 0.469. The molecule has 0 spiro atoms. The van der Waals surface area contributed by atoms with Crippen molar-refractivity contribution >= 4 is 11.8 Å². The molecule has 1 rings (SSSR count). The smallest absolute Gasteiger partial charge is 0.0116 e. The fraction of sp³-hybridized carbons (Fsp3) is 1.00. The van der Waals surface area contributed by atoms with Gasteiger partial charge in [0, 0.05) is 30.1 Å². The quantitative estimate of drug-likeness (QED) is 0.682. The van der Waals surface area contributed by atoms with E-state index in [2.05, 4.69) is 56.6 Å². The van der Waals surface area contributed by atoms with Crippen LogP contribution in [0.15, 0.2) is 0 Å². The van der Waals surface area contributed by atoms with Gasteiger partial charge < -0.3 is 10.2 Å². The summed E-state index contributed by atoms with van der Waals surface area (Å²) in [5.41, 5.74) is 0.467. The van der Waals surface area contributed by atoms with Gasteiger partial charge in [0.05, 0.1) is 0 Å². The molecule has 20 heavy (non-hydrogen) atoms. The van der Waals surface area contributed by atoms with Gasteiger partial charge in [-0.3, -0.25) is 0 Å². The predicted octanol–water partition coefficient (Wildman–Crippen LogP) is 4.01. The topological polar surface area (TPSA) is 15.3 Å². The highest BCUT2D eigenvalue weighted by atomic mass is 32.2. The van der Waals surface area contributed by atoms with E-state index in [0.29, 0.717) is 10.2 Å². The van der Waals surface area contributed by atoms with Crippen molar-refractivity contribution in [1.82, 2.24) is 10.2 Å². The first-order valence-corrected chi connectivity index (χ1v) is 9.52. The molecule has 1 aliphatic heterocycles. The molecular weight excluding hydrogens is 264 g/mol. The number of hydrogen-bond acceptors (Lipinski definition) is 3. The Hall–Kier alpha value is 0.270. The molecule has 1 heterocycles. The average molecular weight is 301 g/mol. The van der Waals surface area contributed by atoms with Gasteiger partial charge >= 0.3 is 0 Å². The van der Waals surface area contributed by atoms with Crippen LogP contribution < -0.4 is 5.32 Å². The maximum Gasteiger partial charge on any atom is 0.0116 e. The highest BCUT2D eigenvalue weighted by Crippen LogP contribution is 2.33. The lowest BCUT2D eigenvalue weighted by Crippen LogP contribution is -2.44. The third-order valence-corrected chi connectivity index (χ3v) is 6.29. The molecule has 0 amide bonds. The fourth-order valence-corrected chi connectivity index (χ4v) is 4.14. The van der Waals surface area contributed by atoms with Crippen molar-refractivity contribution in [3.05, 3.63) is 0 Å². The normalized spacial score (nSPS) is 20.9. The Balaban J connectivity index is 2.55. The van der Waals surface area contributed by atoms with E-state index in [1.165, 1.54) is 57.6 Å². The summed E-state index contributed by atoms with van der Waals surface area (Å²) in [6.45, 7) is 17.9. The monoisotopic (exact) mass is 300 g/mol. The molecule has 0 aromatic rings. The average Bonchev–Trinajstić information content (AvgIpc) is 2.59. The Bertz CT molecular complexity index is 262. The molecule has 1 fully saturated rings. The Morgan fingerprint density at radius 1 is 1.15 bits per heavy atom. The van der Waals surface area contributed by atoms with Crippen molar-refractivity contribution in [3.8, 4) is 0 Å². The van der Waals surface area contributed by atoms with Crippen LogP contribution >= 0.6 is 11.8 Å². The van der Waals surface area contributed by atoms with Gasteiger partial charge in [-0.05, 0) is 44.2 Å². The van der Waals surface area contributed by atoms with E-state index in [4.69, 9.17) is 0 Å². The van der Waals surface area contributed by atoms with Crippen LogP contribution in [0, 0.1) is 5.41 Å². The third-order valence-electron chi connectivity index (χ3n) is 4.92. The van der Waals surface area contributed by atoms with Crippen molar-refractivity contribution < 1.29 is 0 Å². The molecule has 0 aliphatic carbocycles. The molecule has 0 aromatic carbocycles. The van der Waals surface area contributed by atoms with Gasteiger partial charge in [-0.1, -0.05) is 34.6 Å². The molecule has 0 bridgehead atoms. The van der Waals surface area contributed by atoms with Crippen LogP contribution in [-0.2, 0) is 0 Å². The molecule has 2 nitrogen and oxygen atoms in total. The van der Waals surface area contributed by atoms with E-state index in [-0.39, 0.29) is 0 Å². The highest BCUT2D eigenvalue weighted by molar-refractivity contribution is 8.00. The van der Waals surface area contributed by atoms with E-state index in [1.54, 1.807) is 0 Å². The van der Waals surface area contributed by atoms with E-state index in [1.807, 2.05) is 0 Å². The Labute approximate surface area is 131 Å². The number of rotatable bonds is 8. The molecular formula is C17H36N2S. The maximum absolute atomic E-state index is 3.67. The fourth-order valence-electron chi connectivity index (χ4n) is 3.00. The molecule has 0 unspecified atom stereocenters. The van der Waals surface area contributed by atoms with E-state index >= 15 is 0 Å². The van der Waals surface area contributed by atoms with E-state index in [9.17, 15) is 0 Å². The van der Waals surface area contributed by atoms with Crippen LogP contribution in [0.3, 0.4) is 0 Å². The first kappa shape index (κ1) is 18.3. The summed E-state index contributed by atoms with van der Waals surface area (Å²) in [5, 5.41) is 3.67. The van der Waals surface area contributed by atoms with Gasteiger partial charge in [0.25, 0.3) is 0 Å². The summed E-state index contributed by atoms with van der Waals surface area (Å²) >= 11 is 2.15. The minimum atomic E-state index is 0.467. The minimum absolute atomic E-state index is 0.467. The zero-order valence-electron chi connectivity index (χ0n) is 14.4. The predicted molar refractivity (Wildman–Crippen MR) is 93.8 cm³/mol. The van der Waals surface area contributed by atoms with Gasteiger partial charge in [0.2, 0.25) is 0 Å².